The first-order chi connectivity index (χ1) is 5.90. The topological polar surface area (TPSA) is 22.1 Å². The summed E-state index contributed by atoms with van der Waals surface area (Å²) in [6.07, 6.45) is 4.05. The van der Waals surface area contributed by atoms with Crippen molar-refractivity contribution in [2.24, 2.45) is 0 Å². The standard InChI is InChI=1S/C9H13NOS/c1-11-5-8-6-12-9(10-8)7-3-2-4-7/h6-7H,2-5H2,1H3. The third kappa shape index (κ3) is 1.52. The monoisotopic (exact) mass is 183 g/mol. The zero-order valence-electron chi connectivity index (χ0n) is 7.25. The lowest BCUT2D eigenvalue weighted by Gasteiger charge is -2.22. The minimum absolute atomic E-state index is 0.656. The summed E-state index contributed by atoms with van der Waals surface area (Å²) in [6, 6.07) is 0. The highest BCUT2D eigenvalue weighted by atomic mass is 32.1. The first-order valence-corrected chi connectivity index (χ1v) is 5.21. The molecule has 0 spiro atoms. The third-order valence-corrected chi connectivity index (χ3v) is 3.37. The van der Waals surface area contributed by atoms with Crippen LogP contribution in [0.3, 0.4) is 0 Å². The molecule has 0 unspecified atom stereocenters. The van der Waals surface area contributed by atoms with Gasteiger partial charge in [-0.2, -0.15) is 0 Å². The van der Waals surface area contributed by atoms with Crippen molar-refractivity contribution in [1.29, 1.82) is 0 Å². The van der Waals surface area contributed by atoms with Crippen LogP contribution in [0.1, 0.15) is 35.9 Å². The second-order valence-corrected chi connectivity index (χ2v) is 4.13. The number of aromatic nitrogens is 1. The summed E-state index contributed by atoms with van der Waals surface area (Å²) < 4.78 is 5.02. The van der Waals surface area contributed by atoms with Crippen molar-refractivity contribution in [1.82, 2.24) is 4.98 Å². The summed E-state index contributed by atoms with van der Waals surface area (Å²) >= 11 is 1.78. The maximum atomic E-state index is 5.02. The molecule has 0 aromatic carbocycles. The van der Waals surface area contributed by atoms with Crippen LogP contribution >= 0.6 is 11.3 Å². The summed E-state index contributed by atoms with van der Waals surface area (Å²) in [7, 11) is 1.71. The van der Waals surface area contributed by atoms with E-state index in [1.165, 1.54) is 24.3 Å². The fraction of sp³-hybridized carbons (Fsp3) is 0.667. The van der Waals surface area contributed by atoms with Gasteiger partial charge in [0, 0.05) is 18.4 Å². The zero-order valence-corrected chi connectivity index (χ0v) is 8.06. The van der Waals surface area contributed by atoms with E-state index in [0.29, 0.717) is 6.61 Å². The van der Waals surface area contributed by atoms with Gasteiger partial charge in [-0.1, -0.05) is 6.42 Å². The van der Waals surface area contributed by atoms with Crippen LogP contribution in [0.2, 0.25) is 0 Å². The Morgan fingerprint density at radius 3 is 3.08 bits per heavy atom. The van der Waals surface area contributed by atoms with Crippen LogP contribution in [-0.2, 0) is 11.3 Å². The minimum Gasteiger partial charge on any atom is -0.378 e. The molecule has 66 valence electrons. The van der Waals surface area contributed by atoms with Crippen molar-refractivity contribution in [3.63, 3.8) is 0 Å². The van der Waals surface area contributed by atoms with Crippen LogP contribution in [0.4, 0.5) is 0 Å². The van der Waals surface area contributed by atoms with Crippen molar-refractivity contribution in [3.05, 3.63) is 16.1 Å². The van der Waals surface area contributed by atoms with E-state index in [1.54, 1.807) is 18.4 Å². The van der Waals surface area contributed by atoms with Gasteiger partial charge in [0.15, 0.2) is 0 Å². The van der Waals surface area contributed by atoms with Gasteiger partial charge in [-0.05, 0) is 12.8 Å². The fourth-order valence-corrected chi connectivity index (χ4v) is 2.36. The number of hydrogen-bond acceptors (Lipinski definition) is 3. The molecular formula is C9H13NOS. The van der Waals surface area contributed by atoms with Crippen LogP contribution < -0.4 is 0 Å². The smallest absolute Gasteiger partial charge is 0.0960 e. The molecule has 0 atom stereocenters. The van der Waals surface area contributed by atoms with Crippen LogP contribution in [0.15, 0.2) is 5.38 Å². The van der Waals surface area contributed by atoms with Gasteiger partial charge in [0.25, 0.3) is 0 Å². The third-order valence-electron chi connectivity index (χ3n) is 2.32. The molecule has 0 saturated heterocycles. The molecule has 1 aliphatic carbocycles. The number of nitrogens with zero attached hydrogens (tertiary/aromatic N) is 1. The molecule has 2 rings (SSSR count). The number of thiazole rings is 1. The molecule has 0 aliphatic heterocycles. The molecule has 1 saturated carbocycles. The Labute approximate surface area is 76.6 Å². The number of hydrogen-bond donors (Lipinski definition) is 0. The number of methoxy groups -OCH3 is 1. The molecule has 0 bridgehead atoms. The summed E-state index contributed by atoms with van der Waals surface area (Å²) in [5, 5.41) is 3.42. The van der Waals surface area contributed by atoms with Crippen LogP contribution in [0.5, 0.6) is 0 Å². The fourth-order valence-electron chi connectivity index (χ4n) is 1.38. The van der Waals surface area contributed by atoms with Gasteiger partial charge < -0.3 is 4.74 Å². The van der Waals surface area contributed by atoms with Gasteiger partial charge in [-0.3, -0.25) is 0 Å². The Kier molecular flexibility index (Phi) is 2.42. The molecular weight excluding hydrogens is 170 g/mol. The zero-order chi connectivity index (χ0) is 8.39. The van der Waals surface area contributed by atoms with Crippen molar-refractivity contribution in [2.45, 2.75) is 31.8 Å². The first-order valence-electron chi connectivity index (χ1n) is 4.33. The second-order valence-electron chi connectivity index (χ2n) is 3.24. The maximum absolute atomic E-state index is 5.02. The maximum Gasteiger partial charge on any atom is 0.0960 e. The van der Waals surface area contributed by atoms with Crippen molar-refractivity contribution in [3.8, 4) is 0 Å². The van der Waals surface area contributed by atoms with Gasteiger partial charge in [0.2, 0.25) is 0 Å². The van der Waals surface area contributed by atoms with E-state index in [2.05, 4.69) is 10.4 Å². The van der Waals surface area contributed by atoms with Crippen LogP contribution in [-0.4, -0.2) is 12.1 Å². The molecule has 12 heavy (non-hydrogen) atoms. The van der Waals surface area contributed by atoms with Gasteiger partial charge >= 0.3 is 0 Å². The quantitative estimate of drug-likeness (QED) is 0.718. The molecule has 1 aliphatic rings. The molecule has 2 nitrogen and oxygen atoms in total. The molecule has 1 fully saturated rings. The van der Waals surface area contributed by atoms with E-state index in [0.717, 1.165) is 11.6 Å². The Bertz CT molecular complexity index is 255. The highest BCUT2D eigenvalue weighted by Crippen LogP contribution is 2.37. The summed E-state index contributed by atoms with van der Waals surface area (Å²) in [5.74, 6) is 0.764. The normalized spacial score (nSPS) is 17.8. The predicted octanol–water partition coefficient (Wildman–Crippen LogP) is 2.56. The average Bonchev–Trinajstić information content (AvgIpc) is 2.34. The SMILES string of the molecule is COCc1csc(C2CCC2)n1. The average molecular weight is 183 g/mol. The molecule has 1 aromatic heterocycles. The van der Waals surface area contributed by atoms with E-state index >= 15 is 0 Å². The Balaban J connectivity index is 2.02. The first kappa shape index (κ1) is 8.20. The molecule has 3 heteroatoms. The van der Waals surface area contributed by atoms with E-state index in [-0.39, 0.29) is 0 Å². The highest BCUT2D eigenvalue weighted by molar-refractivity contribution is 7.09. The van der Waals surface area contributed by atoms with E-state index in [4.69, 9.17) is 4.74 Å². The summed E-state index contributed by atoms with van der Waals surface area (Å²) in [4.78, 5) is 4.52. The van der Waals surface area contributed by atoms with Gasteiger partial charge in [-0.15, -0.1) is 11.3 Å². The number of ether oxygens (including phenoxy) is 1. The second kappa shape index (κ2) is 3.54. The van der Waals surface area contributed by atoms with Crippen molar-refractivity contribution >= 4 is 11.3 Å². The Hall–Kier alpha value is -0.410. The van der Waals surface area contributed by atoms with Gasteiger partial charge in [-0.25, -0.2) is 4.98 Å². The minimum atomic E-state index is 0.656. The highest BCUT2D eigenvalue weighted by Gasteiger charge is 2.22. The molecule has 1 aromatic rings. The lowest BCUT2D eigenvalue weighted by molar-refractivity contribution is 0.181. The lowest BCUT2D eigenvalue weighted by Crippen LogP contribution is -2.08. The van der Waals surface area contributed by atoms with E-state index < -0.39 is 0 Å². The molecule has 1 heterocycles. The number of rotatable bonds is 3. The van der Waals surface area contributed by atoms with Gasteiger partial charge in [0.1, 0.15) is 0 Å². The summed E-state index contributed by atoms with van der Waals surface area (Å²) in [6.45, 7) is 0.656. The Morgan fingerprint density at radius 2 is 2.50 bits per heavy atom. The van der Waals surface area contributed by atoms with Crippen LogP contribution in [0.25, 0.3) is 0 Å². The van der Waals surface area contributed by atoms with E-state index in [1.807, 2.05) is 0 Å². The molecule has 0 amide bonds. The predicted molar refractivity (Wildman–Crippen MR) is 49.4 cm³/mol. The molecule has 0 radical (unpaired) electrons. The van der Waals surface area contributed by atoms with Crippen molar-refractivity contribution in [2.75, 3.05) is 7.11 Å². The summed E-state index contributed by atoms with van der Waals surface area (Å²) in [5.41, 5.74) is 1.09. The van der Waals surface area contributed by atoms with Crippen LogP contribution in [0, 0.1) is 0 Å². The van der Waals surface area contributed by atoms with E-state index in [9.17, 15) is 0 Å². The Morgan fingerprint density at radius 1 is 1.67 bits per heavy atom. The largest absolute Gasteiger partial charge is 0.378 e. The van der Waals surface area contributed by atoms with Gasteiger partial charge in [0.05, 0.1) is 17.3 Å². The molecule has 0 N–H and O–H groups in total. The van der Waals surface area contributed by atoms with Crippen molar-refractivity contribution < 1.29 is 4.74 Å². The lowest BCUT2D eigenvalue weighted by atomic mass is 9.86.